The summed E-state index contributed by atoms with van der Waals surface area (Å²) in [5, 5.41) is 0.827. The van der Waals surface area contributed by atoms with Crippen molar-refractivity contribution in [2.45, 2.75) is 37.4 Å². The maximum absolute atomic E-state index is 11.2. The van der Waals surface area contributed by atoms with Gasteiger partial charge in [-0.3, -0.25) is 4.79 Å². The first-order chi connectivity index (χ1) is 7.29. The molecule has 0 bridgehead atoms. The average molecular weight is 225 g/mol. The predicted octanol–water partition coefficient (Wildman–Crippen LogP) is 2.45. The molecule has 1 fully saturated rings. The first kappa shape index (κ1) is 11.1. The number of hydrogen-bond acceptors (Lipinski definition) is 3. The fourth-order valence-corrected chi connectivity index (χ4v) is 3.16. The lowest BCUT2D eigenvalue weighted by Crippen LogP contribution is -2.23. The highest BCUT2D eigenvalue weighted by molar-refractivity contribution is 7.99. The Labute approximate surface area is 96.1 Å². The molecule has 0 radical (unpaired) electrons. The van der Waals surface area contributed by atoms with Crippen molar-refractivity contribution in [1.29, 1.82) is 0 Å². The van der Waals surface area contributed by atoms with Crippen molar-refractivity contribution in [1.82, 2.24) is 4.90 Å². The third kappa shape index (κ3) is 2.77. The lowest BCUT2D eigenvalue weighted by molar-refractivity contribution is -0.114. The number of nitrogens with zero attached hydrogens (tertiary/aromatic N) is 1. The number of ketones is 1. The molecule has 1 heterocycles. The van der Waals surface area contributed by atoms with Gasteiger partial charge in [0.2, 0.25) is 0 Å². The van der Waals surface area contributed by atoms with Crippen LogP contribution in [0.3, 0.4) is 0 Å². The fraction of sp³-hybridized carbons (Fsp3) is 0.750. The summed E-state index contributed by atoms with van der Waals surface area (Å²) in [6, 6.07) is 0. The highest BCUT2D eigenvalue weighted by Crippen LogP contribution is 2.26. The second-order valence-corrected chi connectivity index (χ2v) is 5.52. The smallest absolute Gasteiger partial charge is 0.157 e. The Kier molecular flexibility index (Phi) is 3.73. The molecule has 1 saturated heterocycles. The van der Waals surface area contributed by atoms with Crippen molar-refractivity contribution in [2.75, 3.05) is 19.3 Å². The Morgan fingerprint density at radius 2 is 2.20 bits per heavy atom. The number of allylic oxidation sites excluding steroid dienone is 2. The third-order valence-electron chi connectivity index (χ3n) is 3.37. The van der Waals surface area contributed by atoms with Crippen LogP contribution in [-0.2, 0) is 4.79 Å². The van der Waals surface area contributed by atoms with Gasteiger partial charge in [-0.2, -0.15) is 11.8 Å². The molecule has 0 aromatic carbocycles. The van der Waals surface area contributed by atoms with Crippen LogP contribution in [0.5, 0.6) is 0 Å². The van der Waals surface area contributed by atoms with E-state index in [4.69, 9.17) is 0 Å². The van der Waals surface area contributed by atoms with E-state index in [9.17, 15) is 4.79 Å². The number of rotatable bonds is 2. The molecule has 3 heteroatoms. The summed E-state index contributed by atoms with van der Waals surface area (Å²) in [5.74, 6) is 0.315. The molecule has 0 N–H and O–H groups in total. The van der Waals surface area contributed by atoms with Crippen LogP contribution in [0.25, 0.3) is 0 Å². The van der Waals surface area contributed by atoms with Gasteiger partial charge in [0, 0.05) is 36.5 Å². The van der Waals surface area contributed by atoms with Crippen LogP contribution >= 0.6 is 11.8 Å². The first-order valence-corrected chi connectivity index (χ1v) is 7.09. The van der Waals surface area contributed by atoms with Gasteiger partial charge < -0.3 is 4.90 Å². The zero-order valence-electron chi connectivity index (χ0n) is 9.37. The molecule has 2 aliphatic rings. The van der Waals surface area contributed by atoms with Crippen molar-refractivity contribution in [3.63, 3.8) is 0 Å². The number of carbonyl (C=O) groups is 1. The molecule has 2 nitrogen and oxygen atoms in total. The Balaban J connectivity index is 1.93. The van der Waals surface area contributed by atoms with Crippen LogP contribution < -0.4 is 0 Å². The molecule has 1 unspecified atom stereocenters. The first-order valence-electron chi connectivity index (χ1n) is 5.81. The Morgan fingerprint density at radius 3 is 2.87 bits per heavy atom. The van der Waals surface area contributed by atoms with Gasteiger partial charge in [0.25, 0.3) is 0 Å². The maximum Gasteiger partial charge on any atom is 0.157 e. The lowest BCUT2D eigenvalue weighted by atomic mass is 10.2. The van der Waals surface area contributed by atoms with Crippen molar-refractivity contribution in [3.05, 3.63) is 11.8 Å². The average Bonchev–Trinajstić information content (AvgIpc) is 2.54. The normalized spacial score (nSPS) is 27.8. The summed E-state index contributed by atoms with van der Waals surface area (Å²) in [6.45, 7) is 2.29. The van der Waals surface area contributed by atoms with Gasteiger partial charge in [-0.05, 0) is 31.9 Å². The van der Waals surface area contributed by atoms with E-state index in [0.29, 0.717) is 5.78 Å². The van der Waals surface area contributed by atoms with Crippen molar-refractivity contribution in [2.24, 2.45) is 0 Å². The molecule has 84 valence electrons. The number of carbonyl (C=O) groups excluding carboxylic acids is 1. The summed E-state index contributed by atoms with van der Waals surface area (Å²) in [5.41, 5.74) is 1.29. The van der Waals surface area contributed by atoms with E-state index in [1.165, 1.54) is 25.0 Å². The van der Waals surface area contributed by atoms with E-state index in [2.05, 4.69) is 11.2 Å². The molecule has 0 amide bonds. The van der Waals surface area contributed by atoms with Crippen molar-refractivity contribution in [3.8, 4) is 0 Å². The zero-order chi connectivity index (χ0) is 10.7. The van der Waals surface area contributed by atoms with E-state index in [1.807, 2.05) is 17.8 Å². The Hall–Kier alpha value is -0.440. The molecule has 0 spiro atoms. The summed E-state index contributed by atoms with van der Waals surface area (Å²) < 4.78 is 0. The Morgan fingerprint density at radius 1 is 1.33 bits per heavy atom. The summed E-state index contributed by atoms with van der Waals surface area (Å²) >= 11 is 1.99. The molecular formula is C12H19NOS. The second-order valence-electron chi connectivity index (χ2n) is 4.38. The van der Waals surface area contributed by atoms with Gasteiger partial charge in [0.05, 0.1) is 0 Å². The predicted molar refractivity (Wildman–Crippen MR) is 65.1 cm³/mol. The van der Waals surface area contributed by atoms with Crippen LogP contribution in [0.2, 0.25) is 0 Å². The largest absolute Gasteiger partial charge is 0.375 e. The molecule has 15 heavy (non-hydrogen) atoms. The summed E-state index contributed by atoms with van der Waals surface area (Å²) in [6.07, 6.45) is 9.65. The van der Waals surface area contributed by atoms with Gasteiger partial charge >= 0.3 is 0 Å². The van der Waals surface area contributed by atoms with Crippen LogP contribution in [0, 0.1) is 0 Å². The number of thioether (sulfide) groups is 1. The van der Waals surface area contributed by atoms with Gasteiger partial charge in [-0.15, -0.1) is 0 Å². The maximum atomic E-state index is 11.2. The summed E-state index contributed by atoms with van der Waals surface area (Å²) in [4.78, 5) is 13.6. The van der Waals surface area contributed by atoms with Gasteiger partial charge in [0.15, 0.2) is 5.78 Å². The molecule has 0 saturated carbocycles. The van der Waals surface area contributed by atoms with Crippen molar-refractivity contribution >= 4 is 17.5 Å². The zero-order valence-corrected chi connectivity index (χ0v) is 10.2. The van der Waals surface area contributed by atoms with Crippen LogP contribution in [0.4, 0.5) is 0 Å². The van der Waals surface area contributed by atoms with E-state index in [0.717, 1.165) is 31.2 Å². The SMILES string of the molecule is CSC1CCCN(C2=CC(=O)CC2)CC1. The molecule has 1 aliphatic heterocycles. The van der Waals surface area contributed by atoms with Crippen LogP contribution in [-0.4, -0.2) is 35.3 Å². The number of hydrogen-bond donors (Lipinski definition) is 0. The Bertz CT molecular complexity index is 275. The highest BCUT2D eigenvalue weighted by atomic mass is 32.2. The summed E-state index contributed by atoms with van der Waals surface area (Å²) in [7, 11) is 0. The minimum absolute atomic E-state index is 0.315. The third-order valence-corrected chi connectivity index (χ3v) is 4.51. The van der Waals surface area contributed by atoms with Crippen LogP contribution in [0.1, 0.15) is 32.1 Å². The minimum Gasteiger partial charge on any atom is -0.375 e. The monoisotopic (exact) mass is 225 g/mol. The molecule has 0 aromatic heterocycles. The highest BCUT2D eigenvalue weighted by Gasteiger charge is 2.21. The molecule has 2 rings (SSSR count). The van der Waals surface area contributed by atoms with Gasteiger partial charge in [-0.25, -0.2) is 0 Å². The number of likely N-dealkylation sites (tertiary alicyclic amines) is 1. The topological polar surface area (TPSA) is 20.3 Å². The van der Waals surface area contributed by atoms with E-state index < -0.39 is 0 Å². The van der Waals surface area contributed by atoms with Crippen LogP contribution in [0.15, 0.2) is 11.8 Å². The molecular weight excluding hydrogens is 206 g/mol. The van der Waals surface area contributed by atoms with Crippen molar-refractivity contribution < 1.29 is 4.79 Å². The standard InChI is InChI=1S/C12H19NOS/c1-15-12-3-2-7-13(8-6-12)10-4-5-11(14)9-10/h9,12H,2-8H2,1H3. The minimum atomic E-state index is 0.315. The van der Waals surface area contributed by atoms with Gasteiger partial charge in [-0.1, -0.05) is 0 Å². The molecule has 0 aromatic rings. The lowest BCUT2D eigenvalue weighted by Gasteiger charge is -2.23. The fourth-order valence-electron chi connectivity index (χ4n) is 2.42. The second kappa shape index (κ2) is 5.06. The van der Waals surface area contributed by atoms with Gasteiger partial charge in [0.1, 0.15) is 0 Å². The molecule has 1 atom stereocenters. The molecule has 1 aliphatic carbocycles. The van der Waals surface area contributed by atoms with E-state index >= 15 is 0 Å². The quantitative estimate of drug-likeness (QED) is 0.720. The van der Waals surface area contributed by atoms with E-state index in [-0.39, 0.29) is 0 Å². The van der Waals surface area contributed by atoms with E-state index in [1.54, 1.807) is 0 Å².